The molecule has 3 N–H and O–H groups in total. The molecule has 6 heteroatoms. The Morgan fingerprint density at radius 2 is 2.11 bits per heavy atom. The number of nitrogens with two attached hydrogens (primary N) is 1. The summed E-state index contributed by atoms with van der Waals surface area (Å²) in [5.41, 5.74) is 5.99. The smallest absolute Gasteiger partial charge is 0.219 e. The van der Waals surface area contributed by atoms with Gasteiger partial charge >= 0.3 is 0 Å². The highest BCUT2D eigenvalue weighted by Crippen LogP contribution is 2.30. The molecule has 19 heavy (non-hydrogen) atoms. The van der Waals surface area contributed by atoms with E-state index in [0.717, 1.165) is 10.6 Å². The minimum Gasteiger partial charge on any atom is -0.438 e. The maximum atomic E-state index is 8.56. The van der Waals surface area contributed by atoms with Gasteiger partial charge < -0.3 is 15.7 Å². The first kappa shape index (κ1) is 13.2. The van der Waals surface area contributed by atoms with Crippen LogP contribution < -0.4 is 10.5 Å². The predicted octanol–water partition coefficient (Wildman–Crippen LogP) is 2.69. The van der Waals surface area contributed by atoms with Crippen molar-refractivity contribution in [1.82, 2.24) is 4.98 Å². The number of benzene rings is 1. The minimum absolute atomic E-state index is 0.0172. The fourth-order valence-corrected chi connectivity index (χ4v) is 1.99. The molecule has 0 fully saturated rings. The normalized spacial score (nSPS) is 11.3. The van der Waals surface area contributed by atoms with E-state index in [9.17, 15) is 0 Å². The maximum Gasteiger partial charge on any atom is 0.219 e. The molecule has 2 aromatic rings. The van der Waals surface area contributed by atoms with Gasteiger partial charge in [0.2, 0.25) is 5.88 Å². The Morgan fingerprint density at radius 3 is 2.74 bits per heavy atom. The molecule has 0 aliphatic rings. The number of hydrogen-bond acceptors (Lipinski definition) is 5. The molecule has 5 nitrogen and oxygen atoms in total. The summed E-state index contributed by atoms with van der Waals surface area (Å²) < 4.78 is 5.69. The van der Waals surface area contributed by atoms with Gasteiger partial charge in [-0.3, -0.25) is 0 Å². The maximum absolute atomic E-state index is 8.56. The summed E-state index contributed by atoms with van der Waals surface area (Å²) in [5.74, 6) is 1.22. The van der Waals surface area contributed by atoms with Gasteiger partial charge in [0.1, 0.15) is 5.75 Å². The number of oxime groups is 1. The van der Waals surface area contributed by atoms with Gasteiger partial charge in [-0.25, -0.2) is 4.98 Å². The Bertz CT molecular complexity index is 585. The molecule has 0 spiro atoms. The molecule has 1 heterocycles. The molecular formula is C13H13N3O2S. The second-order valence-corrected chi connectivity index (χ2v) is 4.47. The number of ether oxygens (including phenoxy) is 1. The summed E-state index contributed by atoms with van der Waals surface area (Å²) in [7, 11) is 0. The standard InChI is InChI=1S/C13H13N3O2S/c1-19-11-5-3-2-4-10(11)18-12-7-6-9(8-15-12)13(14)16-17/h2-8,17H,1H3,(H2,14,16). The third kappa shape index (κ3) is 3.17. The second kappa shape index (κ2) is 6.10. The summed E-state index contributed by atoms with van der Waals surface area (Å²) >= 11 is 1.60. The van der Waals surface area contributed by atoms with Crippen molar-refractivity contribution in [2.45, 2.75) is 4.90 Å². The highest BCUT2D eigenvalue weighted by atomic mass is 32.2. The molecule has 0 aliphatic carbocycles. The number of thioether (sulfide) groups is 1. The molecule has 98 valence electrons. The van der Waals surface area contributed by atoms with Crippen molar-refractivity contribution in [2.24, 2.45) is 10.9 Å². The van der Waals surface area contributed by atoms with E-state index in [2.05, 4.69) is 10.1 Å². The summed E-state index contributed by atoms with van der Waals surface area (Å²) in [4.78, 5) is 5.15. The predicted molar refractivity (Wildman–Crippen MR) is 75.0 cm³/mol. The van der Waals surface area contributed by atoms with E-state index in [0.29, 0.717) is 11.4 Å². The van der Waals surface area contributed by atoms with Crippen molar-refractivity contribution in [3.05, 3.63) is 48.2 Å². The fourth-order valence-electron chi connectivity index (χ4n) is 1.47. The quantitative estimate of drug-likeness (QED) is 0.295. The fraction of sp³-hybridized carbons (Fsp3) is 0.0769. The van der Waals surface area contributed by atoms with Gasteiger partial charge in [-0.1, -0.05) is 17.3 Å². The Labute approximate surface area is 115 Å². The van der Waals surface area contributed by atoms with Crippen LogP contribution in [0.3, 0.4) is 0 Å². The van der Waals surface area contributed by atoms with E-state index >= 15 is 0 Å². The van der Waals surface area contributed by atoms with E-state index in [1.54, 1.807) is 23.9 Å². The molecule has 0 radical (unpaired) electrons. The molecule has 0 atom stereocenters. The van der Waals surface area contributed by atoms with Crippen LogP contribution in [0.2, 0.25) is 0 Å². The van der Waals surface area contributed by atoms with Crippen LogP contribution >= 0.6 is 11.8 Å². The third-order valence-electron chi connectivity index (χ3n) is 2.42. The minimum atomic E-state index is 0.0172. The molecule has 0 saturated heterocycles. The van der Waals surface area contributed by atoms with Crippen LogP contribution in [0.25, 0.3) is 0 Å². The Hall–Kier alpha value is -2.21. The van der Waals surface area contributed by atoms with Gasteiger partial charge in [0, 0.05) is 22.7 Å². The molecule has 0 bridgehead atoms. The van der Waals surface area contributed by atoms with Crippen LogP contribution in [0.15, 0.2) is 52.6 Å². The van der Waals surface area contributed by atoms with Crippen molar-refractivity contribution in [3.8, 4) is 11.6 Å². The van der Waals surface area contributed by atoms with Crippen molar-refractivity contribution in [3.63, 3.8) is 0 Å². The lowest BCUT2D eigenvalue weighted by Crippen LogP contribution is -2.13. The second-order valence-electron chi connectivity index (χ2n) is 3.62. The largest absolute Gasteiger partial charge is 0.438 e. The topological polar surface area (TPSA) is 80.7 Å². The first-order chi connectivity index (χ1) is 9.24. The first-order valence-corrected chi connectivity index (χ1v) is 6.72. The van der Waals surface area contributed by atoms with Crippen LogP contribution in [-0.4, -0.2) is 22.3 Å². The number of nitrogens with zero attached hydrogens (tertiary/aromatic N) is 2. The third-order valence-corrected chi connectivity index (χ3v) is 3.20. The number of rotatable bonds is 4. The highest BCUT2D eigenvalue weighted by molar-refractivity contribution is 7.98. The Balaban J connectivity index is 2.20. The zero-order chi connectivity index (χ0) is 13.7. The molecule has 0 aliphatic heterocycles. The van der Waals surface area contributed by atoms with Crippen molar-refractivity contribution < 1.29 is 9.94 Å². The van der Waals surface area contributed by atoms with Crippen molar-refractivity contribution >= 4 is 17.6 Å². The summed E-state index contributed by atoms with van der Waals surface area (Å²) in [6, 6.07) is 11.1. The summed E-state index contributed by atoms with van der Waals surface area (Å²) in [6.07, 6.45) is 3.48. The SMILES string of the molecule is CSc1ccccc1Oc1ccc(C(N)=NO)cn1. The van der Waals surface area contributed by atoms with E-state index in [1.165, 1.54) is 6.20 Å². The van der Waals surface area contributed by atoms with Gasteiger partial charge in [0.25, 0.3) is 0 Å². The number of pyridine rings is 1. The van der Waals surface area contributed by atoms with Crippen LogP contribution in [-0.2, 0) is 0 Å². The van der Waals surface area contributed by atoms with E-state index in [4.69, 9.17) is 15.7 Å². The highest BCUT2D eigenvalue weighted by Gasteiger charge is 2.05. The summed E-state index contributed by atoms with van der Waals surface area (Å²) in [5, 5.41) is 11.5. The number of para-hydroxylation sites is 1. The van der Waals surface area contributed by atoms with Gasteiger partial charge in [0.15, 0.2) is 5.84 Å². The van der Waals surface area contributed by atoms with Crippen LogP contribution in [0.5, 0.6) is 11.6 Å². The Kier molecular flexibility index (Phi) is 4.25. The first-order valence-electron chi connectivity index (χ1n) is 5.49. The average molecular weight is 275 g/mol. The molecular weight excluding hydrogens is 262 g/mol. The van der Waals surface area contributed by atoms with Crippen LogP contribution in [0.4, 0.5) is 0 Å². The molecule has 0 unspecified atom stereocenters. The zero-order valence-corrected chi connectivity index (χ0v) is 11.1. The molecule has 0 amide bonds. The zero-order valence-electron chi connectivity index (χ0n) is 10.3. The molecule has 0 saturated carbocycles. The Morgan fingerprint density at radius 1 is 1.32 bits per heavy atom. The van der Waals surface area contributed by atoms with Gasteiger partial charge in [-0.2, -0.15) is 0 Å². The van der Waals surface area contributed by atoms with Gasteiger partial charge in [-0.05, 0) is 24.5 Å². The summed E-state index contributed by atoms with van der Waals surface area (Å²) in [6.45, 7) is 0. The molecule has 1 aromatic carbocycles. The average Bonchev–Trinajstić information content (AvgIpc) is 2.48. The molecule has 2 rings (SSSR count). The van der Waals surface area contributed by atoms with E-state index in [-0.39, 0.29) is 5.84 Å². The van der Waals surface area contributed by atoms with Crippen molar-refractivity contribution in [1.29, 1.82) is 0 Å². The number of amidine groups is 1. The lowest BCUT2D eigenvalue weighted by molar-refractivity contribution is 0.318. The lowest BCUT2D eigenvalue weighted by atomic mass is 10.3. The van der Waals surface area contributed by atoms with E-state index in [1.807, 2.05) is 30.5 Å². The van der Waals surface area contributed by atoms with Gasteiger partial charge in [0.05, 0.1) is 0 Å². The van der Waals surface area contributed by atoms with E-state index < -0.39 is 0 Å². The van der Waals surface area contributed by atoms with Gasteiger partial charge in [-0.15, -0.1) is 11.8 Å². The monoisotopic (exact) mass is 275 g/mol. The van der Waals surface area contributed by atoms with Crippen LogP contribution in [0, 0.1) is 0 Å². The molecule has 1 aromatic heterocycles. The lowest BCUT2D eigenvalue weighted by Gasteiger charge is -2.08. The van der Waals surface area contributed by atoms with Crippen LogP contribution in [0.1, 0.15) is 5.56 Å². The number of aromatic nitrogens is 1. The number of hydrogen-bond donors (Lipinski definition) is 2. The van der Waals surface area contributed by atoms with Crippen molar-refractivity contribution in [2.75, 3.05) is 6.26 Å².